The molecule has 1 atom stereocenters. The molecule has 0 spiro atoms. The fraction of sp³-hybridized carbons (Fsp3) is 1.00. The molecule has 1 unspecified atom stereocenters. The molecule has 1 heterocycles. The van der Waals surface area contributed by atoms with Crippen molar-refractivity contribution in [1.82, 2.24) is 10.2 Å². The van der Waals surface area contributed by atoms with E-state index in [1.807, 2.05) is 0 Å². The summed E-state index contributed by atoms with van der Waals surface area (Å²) < 4.78 is 5.36. The smallest absolute Gasteiger partial charge is 0.0480 e. The van der Waals surface area contributed by atoms with Crippen molar-refractivity contribution in [1.29, 1.82) is 0 Å². The highest BCUT2D eigenvalue weighted by atomic mass is 16.5. The van der Waals surface area contributed by atoms with Gasteiger partial charge in [0.1, 0.15) is 0 Å². The minimum absolute atomic E-state index is 0.355. The minimum atomic E-state index is 0.355. The average Bonchev–Trinajstić information content (AvgIpc) is 2.28. The van der Waals surface area contributed by atoms with Gasteiger partial charge in [0.05, 0.1) is 0 Å². The van der Waals surface area contributed by atoms with E-state index in [1.165, 1.54) is 12.8 Å². The van der Waals surface area contributed by atoms with Gasteiger partial charge in [-0.2, -0.15) is 0 Å². The van der Waals surface area contributed by atoms with Gasteiger partial charge in [0.2, 0.25) is 0 Å². The first kappa shape index (κ1) is 14.9. The lowest BCUT2D eigenvalue weighted by atomic mass is 9.87. The summed E-state index contributed by atoms with van der Waals surface area (Å²) in [5, 5.41) is 3.64. The summed E-state index contributed by atoms with van der Waals surface area (Å²) in [7, 11) is 2.22. The number of nitrogens with zero attached hydrogens (tertiary/aromatic N) is 1. The van der Waals surface area contributed by atoms with Crippen LogP contribution < -0.4 is 5.32 Å². The topological polar surface area (TPSA) is 24.5 Å². The van der Waals surface area contributed by atoms with Crippen molar-refractivity contribution in [3.05, 3.63) is 0 Å². The molecule has 102 valence electrons. The molecule has 1 aliphatic rings. The number of hydrogen-bond acceptors (Lipinski definition) is 3. The maximum Gasteiger partial charge on any atom is 0.0480 e. The summed E-state index contributed by atoms with van der Waals surface area (Å²) in [5.41, 5.74) is 0.355. The Morgan fingerprint density at radius 1 is 1.29 bits per heavy atom. The summed E-state index contributed by atoms with van der Waals surface area (Å²) in [5.74, 6) is 0. The van der Waals surface area contributed by atoms with E-state index in [9.17, 15) is 0 Å². The van der Waals surface area contributed by atoms with Gasteiger partial charge in [-0.1, -0.05) is 20.8 Å². The van der Waals surface area contributed by atoms with Crippen molar-refractivity contribution in [2.45, 2.75) is 52.6 Å². The van der Waals surface area contributed by atoms with Gasteiger partial charge >= 0.3 is 0 Å². The van der Waals surface area contributed by atoms with E-state index in [0.717, 1.165) is 26.3 Å². The number of rotatable bonds is 5. The molecule has 0 amide bonds. The van der Waals surface area contributed by atoms with Gasteiger partial charge in [0.25, 0.3) is 0 Å². The van der Waals surface area contributed by atoms with Crippen molar-refractivity contribution in [2.24, 2.45) is 5.41 Å². The highest BCUT2D eigenvalue weighted by molar-refractivity contribution is 4.78. The maximum atomic E-state index is 5.36. The zero-order chi connectivity index (χ0) is 12.9. The van der Waals surface area contributed by atoms with Crippen LogP contribution >= 0.6 is 0 Å². The van der Waals surface area contributed by atoms with E-state index in [4.69, 9.17) is 4.74 Å². The summed E-state index contributed by atoms with van der Waals surface area (Å²) in [4.78, 5) is 2.45. The van der Waals surface area contributed by atoms with Crippen molar-refractivity contribution < 1.29 is 4.74 Å². The van der Waals surface area contributed by atoms with Crippen LogP contribution in [0.4, 0.5) is 0 Å². The van der Waals surface area contributed by atoms with Crippen LogP contribution in [0, 0.1) is 5.41 Å². The number of hydrogen-bond donors (Lipinski definition) is 1. The van der Waals surface area contributed by atoms with Crippen molar-refractivity contribution in [3.8, 4) is 0 Å². The fourth-order valence-electron chi connectivity index (χ4n) is 2.20. The second-order valence-electron chi connectivity index (χ2n) is 6.36. The van der Waals surface area contributed by atoms with Crippen LogP contribution in [-0.4, -0.2) is 50.3 Å². The molecule has 3 heteroatoms. The summed E-state index contributed by atoms with van der Waals surface area (Å²) in [6.07, 6.45) is 2.33. The van der Waals surface area contributed by atoms with Crippen molar-refractivity contribution in [3.63, 3.8) is 0 Å². The second-order valence-corrected chi connectivity index (χ2v) is 6.36. The van der Waals surface area contributed by atoms with Crippen LogP contribution in [-0.2, 0) is 4.74 Å². The molecule has 0 bridgehead atoms. The van der Waals surface area contributed by atoms with E-state index in [0.29, 0.717) is 17.5 Å². The highest BCUT2D eigenvalue weighted by Crippen LogP contribution is 2.22. The van der Waals surface area contributed by atoms with Gasteiger partial charge in [0.15, 0.2) is 0 Å². The van der Waals surface area contributed by atoms with E-state index in [-0.39, 0.29) is 0 Å². The van der Waals surface area contributed by atoms with Crippen LogP contribution in [0.5, 0.6) is 0 Å². The third kappa shape index (κ3) is 5.36. The second kappa shape index (κ2) is 6.72. The van der Waals surface area contributed by atoms with E-state index >= 15 is 0 Å². The molecule has 0 aromatic heterocycles. The predicted octanol–water partition coefficient (Wildman–Crippen LogP) is 2.12. The van der Waals surface area contributed by atoms with Gasteiger partial charge in [-0.15, -0.1) is 0 Å². The Labute approximate surface area is 107 Å². The van der Waals surface area contributed by atoms with Gasteiger partial charge in [0, 0.05) is 38.4 Å². The van der Waals surface area contributed by atoms with Gasteiger partial charge < -0.3 is 15.0 Å². The van der Waals surface area contributed by atoms with E-state index in [1.54, 1.807) is 0 Å². The Hall–Kier alpha value is -0.120. The SMILES string of the molecule is CC(N(C)CCNC1CCOCC1)C(C)(C)C. The van der Waals surface area contributed by atoms with Crippen LogP contribution in [0.15, 0.2) is 0 Å². The Bertz CT molecular complexity index is 207. The van der Waals surface area contributed by atoms with Gasteiger partial charge in [-0.3, -0.25) is 0 Å². The third-order valence-corrected chi connectivity index (χ3v) is 4.03. The molecule has 0 aliphatic carbocycles. The molecule has 17 heavy (non-hydrogen) atoms. The predicted molar refractivity (Wildman–Crippen MR) is 73.4 cm³/mol. The zero-order valence-corrected chi connectivity index (χ0v) is 12.3. The molecule has 1 saturated heterocycles. The standard InChI is InChI=1S/C14H30N2O/c1-12(14(2,3)4)16(5)9-8-15-13-6-10-17-11-7-13/h12-13,15H,6-11H2,1-5H3. The molecule has 0 aromatic carbocycles. The highest BCUT2D eigenvalue weighted by Gasteiger charge is 2.23. The van der Waals surface area contributed by atoms with Crippen LogP contribution in [0.3, 0.4) is 0 Å². The van der Waals surface area contributed by atoms with E-state index < -0.39 is 0 Å². The molecular formula is C14H30N2O. The summed E-state index contributed by atoms with van der Waals surface area (Å²) in [6, 6.07) is 1.28. The first-order valence-electron chi connectivity index (χ1n) is 6.92. The number of nitrogens with one attached hydrogen (secondary N) is 1. The number of ether oxygens (including phenoxy) is 1. The normalized spacial score (nSPS) is 20.8. The minimum Gasteiger partial charge on any atom is -0.381 e. The fourth-order valence-corrected chi connectivity index (χ4v) is 2.20. The molecule has 1 fully saturated rings. The molecule has 0 saturated carbocycles. The maximum absolute atomic E-state index is 5.36. The lowest BCUT2D eigenvalue weighted by Gasteiger charge is -2.35. The van der Waals surface area contributed by atoms with E-state index in [2.05, 4.69) is 45.0 Å². The molecule has 1 aliphatic heterocycles. The molecule has 1 rings (SSSR count). The lowest BCUT2D eigenvalue weighted by molar-refractivity contribution is 0.0758. The Morgan fingerprint density at radius 2 is 1.88 bits per heavy atom. The van der Waals surface area contributed by atoms with Gasteiger partial charge in [-0.25, -0.2) is 0 Å². The first-order valence-corrected chi connectivity index (χ1v) is 6.92. The Kier molecular flexibility index (Phi) is 5.90. The van der Waals surface area contributed by atoms with Crippen LogP contribution in [0.1, 0.15) is 40.5 Å². The molecule has 0 aromatic rings. The number of likely N-dealkylation sites (N-methyl/N-ethyl adjacent to an activating group) is 1. The molecule has 3 nitrogen and oxygen atoms in total. The average molecular weight is 242 g/mol. The molecular weight excluding hydrogens is 212 g/mol. The largest absolute Gasteiger partial charge is 0.381 e. The van der Waals surface area contributed by atoms with Crippen molar-refractivity contribution >= 4 is 0 Å². The monoisotopic (exact) mass is 242 g/mol. The molecule has 1 N–H and O–H groups in total. The zero-order valence-electron chi connectivity index (χ0n) is 12.3. The van der Waals surface area contributed by atoms with Crippen molar-refractivity contribution in [2.75, 3.05) is 33.4 Å². The summed E-state index contributed by atoms with van der Waals surface area (Å²) >= 11 is 0. The van der Waals surface area contributed by atoms with Gasteiger partial charge in [-0.05, 0) is 32.2 Å². The quantitative estimate of drug-likeness (QED) is 0.799. The Morgan fingerprint density at radius 3 is 2.41 bits per heavy atom. The molecule has 0 radical (unpaired) electrons. The first-order chi connectivity index (χ1) is 7.91. The lowest BCUT2D eigenvalue weighted by Crippen LogP contribution is -2.44. The third-order valence-electron chi connectivity index (χ3n) is 4.03. The summed E-state index contributed by atoms with van der Waals surface area (Å²) in [6.45, 7) is 13.3. The van der Waals surface area contributed by atoms with Crippen LogP contribution in [0.2, 0.25) is 0 Å². The Balaban J connectivity index is 2.17. The van der Waals surface area contributed by atoms with Crippen LogP contribution in [0.25, 0.3) is 0 Å².